The Balaban J connectivity index is 1.83. The van der Waals surface area contributed by atoms with Gasteiger partial charge in [-0.05, 0) is 48.6 Å². The predicted octanol–water partition coefficient (Wildman–Crippen LogP) is 4.04. The molecule has 0 aliphatic carbocycles. The fraction of sp³-hybridized carbons (Fsp3) is 0.440. The first-order valence-electron chi connectivity index (χ1n) is 11.1. The molecule has 2 amide bonds. The molecule has 1 aliphatic heterocycles. The number of amides is 2. The number of carbonyl (C=O) groups is 2. The summed E-state index contributed by atoms with van der Waals surface area (Å²) >= 11 is 0. The summed E-state index contributed by atoms with van der Waals surface area (Å²) in [5.74, 6) is -0.475. The molecule has 0 aromatic heterocycles. The maximum Gasteiger partial charge on any atom is 0.240 e. The summed E-state index contributed by atoms with van der Waals surface area (Å²) in [7, 11) is 0. The van der Waals surface area contributed by atoms with Gasteiger partial charge in [-0.3, -0.25) is 9.59 Å². The number of halogens is 1. The molecule has 166 valence electrons. The van der Waals surface area contributed by atoms with Crippen molar-refractivity contribution in [1.82, 2.24) is 4.90 Å². The van der Waals surface area contributed by atoms with Crippen LogP contribution in [0, 0.1) is 5.82 Å². The molecule has 2 N–H and O–H groups in total. The minimum atomic E-state index is -0.745. The average Bonchev–Trinajstić information content (AvgIpc) is 2.73. The zero-order valence-corrected chi connectivity index (χ0v) is 18.2. The summed E-state index contributed by atoms with van der Waals surface area (Å²) in [6, 6.07) is 13.2. The second-order valence-electron chi connectivity index (χ2n) is 8.27. The summed E-state index contributed by atoms with van der Waals surface area (Å²) in [5, 5.41) is 0. The molecule has 6 heteroatoms. The van der Waals surface area contributed by atoms with E-state index in [1.165, 1.54) is 12.1 Å². The van der Waals surface area contributed by atoms with Crippen LogP contribution in [0.15, 0.2) is 48.5 Å². The highest BCUT2D eigenvalue weighted by Gasteiger charge is 2.24. The summed E-state index contributed by atoms with van der Waals surface area (Å²) < 4.78 is 13.5. The molecule has 1 atom stereocenters. The van der Waals surface area contributed by atoms with Gasteiger partial charge in [-0.1, -0.05) is 49.6 Å². The van der Waals surface area contributed by atoms with Gasteiger partial charge in [0.15, 0.2) is 0 Å². The molecule has 0 spiro atoms. The molecule has 0 saturated heterocycles. The van der Waals surface area contributed by atoms with Gasteiger partial charge in [-0.2, -0.15) is 0 Å². The fourth-order valence-corrected chi connectivity index (χ4v) is 4.17. The van der Waals surface area contributed by atoms with Gasteiger partial charge < -0.3 is 15.5 Å². The van der Waals surface area contributed by atoms with Crippen LogP contribution in [-0.2, 0) is 22.6 Å². The van der Waals surface area contributed by atoms with E-state index in [0.29, 0.717) is 25.2 Å². The van der Waals surface area contributed by atoms with Gasteiger partial charge in [-0.25, -0.2) is 4.39 Å². The van der Waals surface area contributed by atoms with Crippen LogP contribution in [0.2, 0.25) is 0 Å². The molecule has 5 nitrogen and oxygen atoms in total. The van der Waals surface area contributed by atoms with Gasteiger partial charge in [0.25, 0.3) is 0 Å². The van der Waals surface area contributed by atoms with Crippen LogP contribution in [0.5, 0.6) is 0 Å². The average molecular weight is 426 g/mol. The normalized spacial score (nSPS) is 16.6. The maximum absolute atomic E-state index is 13.5. The van der Waals surface area contributed by atoms with Crippen molar-refractivity contribution in [2.45, 2.75) is 58.0 Å². The van der Waals surface area contributed by atoms with E-state index in [1.54, 1.807) is 24.0 Å². The second kappa shape index (κ2) is 11.0. The van der Waals surface area contributed by atoms with Crippen LogP contribution in [0.1, 0.15) is 50.2 Å². The zero-order chi connectivity index (χ0) is 22.2. The molecular formula is C25H32FN3O2. The molecule has 2 aromatic rings. The van der Waals surface area contributed by atoms with Crippen LogP contribution in [0.25, 0.3) is 0 Å². The number of anilines is 1. The third-order valence-corrected chi connectivity index (χ3v) is 5.81. The highest BCUT2D eigenvalue weighted by Crippen LogP contribution is 2.24. The summed E-state index contributed by atoms with van der Waals surface area (Å²) in [6.07, 6.45) is 5.33. The first-order valence-corrected chi connectivity index (χ1v) is 11.1. The van der Waals surface area contributed by atoms with Gasteiger partial charge in [0.1, 0.15) is 5.82 Å². The standard InChI is InChI=1S/C25H32FN3O2/c1-19(30)29-15-8-4-2-3-7-14-28(18-21-11-5-6-13-24(21)29)25(31)23(27)17-20-10-9-12-22(26)16-20/h5-6,9-13,16,23H,2-4,7-8,14-15,17-18,27H2,1H3/t23-/m1/s1. The van der Waals surface area contributed by atoms with Crippen molar-refractivity contribution in [2.24, 2.45) is 5.73 Å². The Kier molecular flexibility index (Phi) is 8.18. The van der Waals surface area contributed by atoms with E-state index in [1.807, 2.05) is 29.2 Å². The van der Waals surface area contributed by atoms with Gasteiger partial charge in [0.2, 0.25) is 11.8 Å². The summed E-state index contributed by atoms with van der Waals surface area (Å²) in [5.41, 5.74) is 8.76. The van der Waals surface area contributed by atoms with Crippen LogP contribution in [-0.4, -0.2) is 35.8 Å². The van der Waals surface area contributed by atoms with Crippen molar-refractivity contribution in [3.05, 3.63) is 65.5 Å². The van der Waals surface area contributed by atoms with E-state index < -0.39 is 6.04 Å². The number of para-hydroxylation sites is 1. The maximum atomic E-state index is 13.5. The van der Waals surface area contributed by atoms with E-state index in [9.17, 15) is 14.0 Å². The Labute approximate surface area is 184 Å². The predicted molar refractivity (Wildman–Crippen MR) is 121 cm³/mol. The number of carbonyl (C=O) groups excluding carboxylic acids is 2. The minimum absolute atomic E-state index is 0.00481. The monoisotopic (exact) mass is 425 g/mol. The number of hydrogen-bond donors (Lipinski definition) is 1. The third-order valence-electron chi connectivity index (χ3n) is 5.81. The Hall–Kier alpha value is -2.73. The second-order valence-corrected chi connectivity index (χ2v) is 8.27. The lowest BCUT2D eigenvalue weighted by atomic mass is 10.0. The van der Waals surface area contributed by atoms with E-state index in [-0.39, 0.29) is 24.1 Å². The SMILES string of the molecule is CC(=O)N1CCCCCCCN(C(=O)[C@H](N)Cc2cccc(F)c2)Cc2ccccc21. The van der Waals surface area contributed by atoms with Crippen molar-refractivity contribution in [3.8, 4) is 0 Å². The number of benzene rings is 2. The number of fused-ring (bicyclic) bond motifs is 1. The zero-order valence-electron chi connectivity index (χ0n) is 18.2. The Morgan fingerprint density at radius 3 is 2.45 bits per heavy atom. The highest BCUT2D eigenvalue weighted by molar-refractivity contribution is 5.92. The lowest BCUT2D eigenvalue weighted by Crippen LogP contribution is -2.45. The van der Waals surface area contributed by atoms with Gasteiger partial charge in [-0.15, -0.1) is 0 Å². The molecule has 0 fully saturated rings. The highest BCUT2D eigenvalue weighted by atomic mass is 19.1. The molecule has 31 heavy (non-hydrogen) atoms. The lowest BCUT2D eigenvalue weighted by molar-refractivity contribution is -0.133. The summed E-state index contributed by atoms with van der Waals surface area (Å²) in [4.78, 5) is 29.2. The van der Waals surface area contributed by atoms with E-state index in [0.717, 1.165) is 43.4 Å². The molecule has 0 bridgehead atoms. The van der Waals surface area contributed by atoms with Gasteiger partial charge >= 0.3 is 0 Å². The van der Waals surface area contributed by atoms with E-state index in [4.69, 9.17) is 5.73 Å². The van der Waals surface area contributed by atoms with Crippen LogP contribution in [0.3, 0.4) is 0 Å². The Morgan fingerprint density at radius 1 is 1.00 bits per heavy atom. The first kappa shape index (κ1) is 22.9. The summed E-state index contributed by atoms with van der Waals surface area (Å²) in [6.45, 7) is 3.28. The largest absolute Gasteiger partial charge is 0.337 e. The van der Waals surface area contributed by atoms with Crippen molar-refractivity contribution in [1.29, 1.82) is 0 Å². The Morgan fingerprint density at radius 2 is 1.71 bits per heavy atom. The number of nitrogens with zero attached hydrogens (tertiary/aromatic N) is 2. The van der Waals surface area contributed by atoms with Gasteiger partial charge in [0, 0.05) is 32.2 Å². The Bertz CT molecular complexity index is 902. The molecule has 1 aliphatic rings. The minimum Gasteiger partial charge on any atom is -0.337 e. The number of hydrogen-bond acceptors (Lipinski definition) is 3. The lowest BCUT2D eigenvalue weighted by Gasteiger charge is -2.30. The molecular weight excluding hydrogens is 393 g/mol. The quantitative estimate of drug-likeness (QED) is 0.807. The molecule has 0 unspecified atom stereocenters. The van der Waals surface area contributed by atoms with Crippen molar-refractivity contribution >= 4 is 17.5 Å². The topological polar surface area (TPSA) is 66.6 Å². The number of rotatable bonds is 3. The van der Waals surface area contributed by atoms with Crippen LogP contribution >= 0.6 is 0 Å². The molecule has 2 aromatic carbocycles. The van der Waals surface area contributed by atoms with Crippen LogP contribution in [0.4, 0.5) is 10.1 Å². The smallest absolute Gasteiger partial charge is 0.240 e. The molecule has 3 rings (SSSR count). The molecule has 1 heterocycles. The van der Waals surface area contributed by atoms with Crippen molar-refractivity contribution < 1.29 is 14.0 Å². The van der Waals surface area contributed by atoms with Crippen molar-refractivity contribution in [3.63, 3.8) is 0 Å². The molecule has 0 saturated carbocycles. The number of nitrogens with two attached hydrogens (primary N) is 1. The molecule has 0 radical (unpaired) electrons. The van der Waals surface area contributed by atoms with E-state index in [2.05, 4.69) is 0 Å². The van der Waals surface area contributed by atoms with Crippen LogP contribution < -0.4 is 10.6 Å². The first-order chi connectivity index (χ1) is 15.0. The van der Waals surface area contributed by atoms with E-state index >= 15 is 0 Å². The third kappa shape index (κ3) is 6.37. The van der Waals surface area contributed by atoms with Gasteiger partial charge in [0.05, 0.1) is 6.04 Å². The fourth-order valence-electron chi connectivity index (χ4n) is 4.17. The van der Waals surface area contributed by atoms with Crippen molar-refractivity contribution in [2.75, 3.05) is 18.0 Å².